The molecule has 0 spiro atoms. The van der Waals surface area contributed by atoms with E-state index in [2.05, 4.69) is 13.8 Å². The van der Waals surface area contributed by atoms with Crippen LogP contribution < -0.4 is 4.74 Å². The maximum absolute atomic E-state index is 11.0. The standard InChI is InChI=1S/C17H24O2/c1-12-8-9-17(18,13(2)10-12)14-4-3-5-16(11-14)19-15-6-7-15/h3-5,11-13,15,18H,6-10H2,1-2H3. The van der Waals surface area contributed by atoms with Gasteiger partial charge in [0.15, 0.2) is 0 Å². The second kappa shape index (κ2) is 4.82. The molecule has 0 bridgehead atoms. The lowest BCUT2D eigenvalue weighted by atomic mass is 9.69. The molecule has 2 aliphatic carbocycles. The summed E-state index contributed by atoms with van der Waals surface area (Å²) in [5.74, 6) is 1.95. The highest BCUT2D eigenvalue weighted by atomic mass is 16.5. The van der Waals surface area contributed by atoms with Crippen LogP contribution in [-0.2, 0) is 5.60 Å². The molecule has 1 aromatic rings. The highest BCUT2D eigenvalue weighted by Crippen LogP contribution is 2.44. The Balaban J connectivity index is 1.83. The monoisotopic (exact) mass is 260 g/mol. The summed E-state index contributed by atoms with van der Waals surface area (Å²) in [5, 5.41) is 11.0. The minimum Gasteiger partial charge on any atom is -0.490 e. The van der Waals surface area contributed by atoms with Crippen LogP contribution in [0.4, 0.5) is 0 Å². The van der Waals surface area contributed by atoms with Crippen LogP contribution in [0.3, 0.4) is 0 Å². The Labute approximate surface area is 115 Å². The molecule has 19 heavy (non-hydrogen) atoms. The fourth-order valence-electron chi connectivity index (χ4n) is 3.28. The SMILES string of the molecule is CC1CCC(O)(c2cccc(OC3CC3)c2)C(C)C1. The van der Waals surface area contributed by atoms with E-state index in [0.29, 0.717) is 12.0 Å². The molecule has 0 aliphatic heterocycles. The Bertz CT molecular complexity index is 452. The minimum atomic E-state index is -0.671. The third kappa shape index (κ3) is 2.64. The van der Waals surface area contributed by atoms with Crippen molar-refractivity contribution >= 4 is 0 Å². The van der Waals surface area contributed by atoms with Crippen molar-refractivity contribution in [1.29, 1.82) is 0 Å². The lowest BCUT2D eigenvalue weighted by Crippen LogP contribution is -2.38. The van der Waals surface area contributed by atoms with Crippen molar-refractivity contribution in [3.63, 3.8) is 0 Å². The smallest absolute Gasteiger partial charge is 0.120 e. The summed E-state index contributed by atoms with van der Waals surface area (Å²) in [4.78, 5) is 0. The van der Waals surface area contributed by atoms with E-state index in [-0.39, 0.29) is 0 Å². The van der Waals surface area contributed by atoms with Crippen molar-refractivity contribution in [1.82, 2.24) is 0 Å². The summed E-state index contributed by atoms with van der Waals surface area (Å²) in [7, 11) is 0. The van der Waals surface area contributed by atoms with Crippen LogP contribution in [0.5, 0.6) is 5.75 Å². The van der Waals surface area contributed by atoms with E-state index in [1.54, 1.807) is 0 Å². The van der Waals surface area contributed by atoms with Gasteiger partial charge in [0.2, 0.25) is 0 Å². The normalized spacial score (nSPS) is 35.1. The van der Waals surface area contributed by atoms with Crippen LogP contribution >= 0.6 is 0 Å². The highest BCUT2D eigenvalue weighted by Gasteiger charge is 2.40. The van der Waals surface area contributed by atoms with Crippen LogP contribution in [0.1, 0.15) is 51.5 Å². The lowest BCUT2D eigenvalue weighted by Gasteiger charge is -2.41. The highest BCUT2D eigenvalue weighted by molar-refractivity contribution is 5.33. The molecular weight excluding hydrogens is 236 g/mol. The number of aliphatic hydroxyl groups is 1. The Morgan fingerprint density at radius 1 is 1.21 bits per heavy atom. The maximum Gasteiger partial charge on any atom is 0.120 e. The van der Waals surface area contributed by atoms with Gasteiger partial charge in [0.1, 0.15) is 5.75 Å². The molecule has 1 aromatic carbocycles. The zero-order chi connectivity index (χ0) is 13.5. The van der Waals surface area contributed by atoms with Crippen molar-refractivity contribution in [2.24, 2.45) is 11.8 Å². The number of hydrogen-bond donors (Lipinski definition) is 1. The average molecular weight is 260 g/mol. The van der Waals surface area contributed by atoms with Gasteiger partial charge in [0.05, 0.1) is 11.7 Å². The predicted octanol–water partition coefficient (Wildman–Crippen LogP) is 3.87. The van der Waals surface area contributed by atoms with Crippen LogP contribution in [0.25, 0.3) is 0 Å². The quantitative estimate of drug-likeness (QED) is 0.894. The van der Waals surface area contributed by atoms with Crippen molar-refractivity contribution < 1.29 is 9.84 Å². The largest absolute Gasteiger partial charge is 0.490 e. The molecule has 0 amide bonds. The summed E-state index contributed by atoms with van der Waals surface area (Å²) in [5.41, 5.74) is 0.361. The zero-order valence-electron chi connectivity index (χ0n) is 11.9. The van der Waals surface area contributed by atoms with Gasteiger partial charge >= 0.3 is 0 Å². The molecule has 3 unspecified atom stereocenters. The van der Waals surface area contributed by atoms with Crippen molar-refractivity contribution in [2.75, 3.05) is 0 Å². The van der Waals surface area contributed by atoms with Gasteiger partial charge in [-0.15, -0.1) is 0 Å². The molecule has 2 saturated carbocycles. The molecule has 2 heteroatoms. The number of ether oxygens (including phenoxy) is 1. The Kier molecular flexibility index (Phi) is 3.30. The number of hydrogen-bond acceptors (Lipinski definition) is 2. The molecule has 3 atom stereocenters. The third-order valence-electron chi connectivity index (χ3n) is 4.75. The molecule has 104 valence electrons. The zero-order valence-corrected chi connectivity index (χ0v) is 11.9. The molecule has 3 rings (SSSR count). The summed E-state index contributed by atoms with van der Waals surface area (Å²) in [6.07, 6.45) is 5.82. The summed E-state index contributed by atoms with van der Waals surface area (Å²) >= 11 is 0. The van der Waals surface area contributed by atoms with Gasteiger partial charge in [-0.25, -0.2) is 0 Å². The van der Waals surface area contributed by atoms with Gasteiger partial charge < -0.3 is 9.84 Å². The van der Waals surface area contributed by atoms with Gasteiger partial charge in [0.25, 0.3) is 0 Å². The van der Waals surface area contributed by atoms with Crippen molar-refractivity contribution in [3.05, 3.63) is 29.8 Å². The molecule has 2 fully saturated rings. The van der Waals surface area contributed by atoms with Crippen LogP contribution in [-0.4, -0.2) is 11.2 Å². The first-order valence-electron chi connectivity index (χ1n) is 7.57. The van der Waals surface area contributed by atoms with E-state index in [4.69, 9.17) is 4.74 Å². The topological polar surface area (TPSA) is 29.5 Å². The fraction of sp³-hybridized carbons (Fsp3) is 0.647. The number of benzene rings is 1. The van der Waals surface area contributed by atoms with E-state index < -0.39 is 5.60 Å². The van der Waals surface area contributed by atoms with Gasteiger partial charge in [-0.2, -0.15) is 0 Å². The first-order chi connectivity index (χ1) is 9.08. The predicted molar refractivity (Wildman–Crippen MR) is 76.2 cm³/mol. The molecule has 0 radical (unpaired) electrons. The molecule has 2 aliphatic rings. The summed E-state index contributed by atoms with van der Waals surface area (Å²) in [6, 6.07) is 8.11. The Hall–Kier alpha value is -1.02. The Morgan fingerprint density at radius 3 is 2.68 bits per heavy atom. The minimum absolute atomic E-state index is 0.312. The van der Waals surface area contributed by atoms with E-state index in [0.717, 1.165) is 36.5 Å². The Morgan fingerprint density at radius 2 is 2.00 bits per heavy atom. The first-order valence-corrected chi connectivity index (χ1v) is 7.57. The van der Waals surface area contributed by atoms with Gasteiger partial charge in [0, 0.05) is 0 Å². The second-order valence-corrected chi connectivity index (χ2v) is 6.55. The van der Waals surface area contributed by atoms with E-state index in [1.165, 1.54) is 12.8 Å². The van der Waals surface area contributed by atoms with Crippen LogP contribution in [0, 0.1) is 11.8 Å². The van der Waals surface area contributed by atoms with Crippen LogP contribution in [0.2, 0.25) is 0 Å². The fourth-order valence-corrected chi connectivity index (χ4v) is 3.28. The molecule has 0 heterocycles. The number of rotatable bonds is 3. The van der Waals surface area contributed by atoms with Crippen molar-refractivity contribution in [3.8, 4) is 5.75 Å². The summed E-state index contributed by atoms with van der Waals surface area (Å²) < 4.78 is 5.85. The molecule has 0 saturated heterocycles. The van der Waals surface area contributed by atoms with Crippen LogP contribution in [0.15, 0.2) is 24.3 Å². The molecule has 0 aromatic heterocycles. The second-order valence-electron chi connectivity index (χ2n) is 6.55. The molecular formula is C17H24O2. The van der Waals surface area contributed by atoms with E-state index in [9.17, 15) is 5.11 Å². The van der Waals surface area contributed by atoms with Gasteiger partial charge in [-0.3, -0.25) is 0 Å². The van der Waals surface area contributed by atoms with E-state index in [1.807, 2.05) is 24.3 Å². The lowest BCUT2D eigenvalue weighted by molar-refractivity contribution is -0.0589. The summed E-state index contributed by atoms with van der Waals surface area (Å²) in [6.45, 7) is 4.45. The van der Waals surface area contributed by atoms with Gasteiger partial charge in [-0.1, -0.05) is 26.0 Å². The van der Waals surface area contributed by atoms with E-state index >= 15 is 0 Å². The molecule has 2 nitrogen and oxygen atoms in total. The third-order valence-corrected chi connectivity index (χ3v) is 4.75. The first kappa shape index (κ1) is 13.0. The molecule has 1 N–H and O–H groups in total. The van der Waals surface area contributed by atoms with Gasteiger partial charge in [-0.05, 0) is 61.6 Å². The van der Waals surface area contributed by atoms with Crippen molar-refractivity contribution in [2.45, 2.75) is 57.7 Å². The average Bonchev–Trinajstić information content (AvgIpc) is 3.19. The maximum atomic E-state index is 11.0.